The number of fused-ring (bicyclic) bond motifs is 2. The number of benzene rings is 3. The van der Waals surface area contributed by atoms with E-state index < -0.39 is 47.9 Å². The molecule has 1 amide bonds. The van der Waals surface area contributed by atoms with Gasteiger partial charge in [-0.15, -0.1) is 0 Å². The van der Waals surface area contributed by atoms with Crippen LogP contribution < -0.4 is 5.32 Å². The van der Waals surface area contributed by atoms with Crippen LogP contribution in [0, 0.1) is 53.1 Å². The molecule has 74 heavy (non-hydrogen) atoms. The van der Waals surface area contributed by atoms with Crippen LogP contribution in [0.5, 0.6) is 0 Å². The lowest BCUT2D eigenvalue weighted by Crippen LogP contribution is -2.47. The summed E-state index contributed by atoms with van der Waals surface area (Å²) in [5.74, 6) is -3.42. The van der Waals surface area contributed by atoms with Crippen LogP contribution in [0.2, 0.25) is 0 Å². The summed E-state index contributed by atoms with van der Waals surface area (Å²) in [5.41, 5.74) is 9.38. The molecule has 1 N–H and O–H groups in total. The predicted octanol–water partition coefficient (Wildman–Crippen LogP) is 15.6. The van der Waals surface area contributed by atoms with Crippen LogP contribution in [-0.2, 0) is 32.0 Å². The monoisotopic (exact) mass is 1020 g/mol. The number of carbonyl (C=O) groups is 4. The molecule has 0 bridgehead atoms. The largest absolute Gasteiger partial charge is 0.453 e. The Morgan fingerprint density at radius 2 is 1.16 bits per heavy atom. The van der Waals surface area contributed by atoms with Crippen LogP contribution in [0.1, 0.15) is 207 Å². The molecule has 400 valence electrons. The van der Waals surface area contributed by atoms with Crippen LogP contribution in [0.4, 0.5) is 22.4 Å². The highest BCUT2D eigenvalue weighted by Gasteiger charge is 2.47. The fourth-order valence-corrected chi connectivity index (χ4v) is 14.4. The molecule has 11 atom stereocenters. The lowest BCUT2D eigenvalue weighted by molar-refractivity contribution is -0.129. The maximum Gasteiger partial charge on any atom is 0.407 e. The molecule has 3 aromatic rings. The van der Waals surface area contributed by atoms with Crippen molar-refractivity contribution in [3.8, 4) is 0 Å². The third kappa shape index (κ3) is 11.6. The molecule has 0 spiro atoms. The van der Waals surface area contributed by atoms with Gasteiger partial charge in [0.05, 0.1) is 13.2 Å². The number of hydrogen-bond donors (Lipinski definition) is 1. The van der Waals surface area contributed by atoms with E-state index in [0.717, 1.165) is 89.5 Å². The van der Waals surface area contributed by atoms with E-state index in [0.29, 0.717) is 44.1 Å². The van der Waals surface area contributed by atoms with Gasteiger partial charge < -0.3 is 10.1 Å². The van der Waals surface area contributed by atoms with Gasteiger partial charge in [-0.3, -0.25) is 14.4 Å². The first-order valence-electron chi connectivity index (χ1n) is 28.4. The van der Waals surface area contributed by atoms with Crippen molar-refractivity contribution < 1.29 is 41.5 Å². The molecule has 6 nitrogen and oxygen atoms in total. The van der Waals surface area contributed by atoms with Crippen LogP contribution in [0.25, 0.3) is 12.2 Å². The van der Waals surface area contributed by atoms with Gasteiger partial charge in [-0.1, -0.05) is 127 Å². The topological polar surface area (TPSA) is 89.5 Å². The summed E-state index contributed by atoms with van der Waals surface area (Å²) in [6.07, 6.45) is 10.9. The van der Waals surface area contributed by atoms with Gasteiger partial charge in [0.15, 0.2) is 5.78 Å². The number of carbonyl (C=O) groups excluding carboxylic acids is 4. The number of nitrogens with one attached hydrogen (secondary N) is 1. The van der Waals surface area contributed by atoms with Crippen LogP contribution in [-0.4, -0.2) is 48.9 Å². The Kier molecular flexibility index (Phi) is 18.0. The Bertz CT molecular complexity index is 2590. The smallest absolute Gasteiger partial charge is 0.407 e. The molecular formula is C64H81F4NO5. The van der Waals surface area contributed by atoms with Crippen molar-refractivity contribution in [1.82, 2.24) is 5.32 Å². The zero-order valence-electron chi connectivity index (χ0n) is 45.2. The van der Waals surface area contributed by atoms with Gasteiger partial charge in [0, 0.05) is 36.2 Å². The maximum absolute atomic E-state index is 16.5. The molecule has 10 heteroatoms. The second-order valence-electron chi connectivity index (χ2n) is 23.3. The average molecular weight is 1020 g/mol. The lowest BCUT2D eigenvalue weighted by atomic mass is 9.75. The number of Topliss-reactive ketones (excluding diaryl/α,β-unsaturated/α-hetero) is 3. The van der Waals surface area contributed by atoms with Gasteiger partial charge >= 0.3 is 6.09 Å². The molecule has 3 unspecified atom stereocenters. The standard InChI is InChI=1S/C62H75F4NO5.C2H6/c1-7-47(68)17-18-48(33(2)3)60(69)53-31-45(63)29-51(53)42-21-36-13-15-38(23-40(36)25-42)49-19-20-50(57(49)44-27-55(65)58(56(66)28-44)35-11-9-8-10-12-35)39-16-14-37-22-43(26-41(37)24-39)52-30-46(64)32-54(52)61(70)59(34(4)5)67-62(71)72-6;1-2/h13-16,23-28,33-35,45-46,48-54,57,59H,7-12,17-22,29-32H2,1-6H3,(H,67,71);1-2H3/t45-,46-,48+,49-,50-,51+,52+,53?,54?,57?,59+;/m1./s1. The fraction of sp³-hybridized carbons (Fsp3) is 0.594. The lowest BCUT2D eigenvalue weighted by Gasteiger charge is -2.29. The number of ketones is 3. The minimum absolute atomic E-state index is 0.0486. The van der Waals surface area contributed by atoms with Crippen molar-refractivity contribution in [1.29, 1.82) is 0 Å². The summed E-state index contributed by atoms with van der Waals surface area (Å²) in [7, 11) is 1.26. The second kappa shape index (κ2) is 24.0. The molecule has 4 saturated carbocycles. The Labute approximate surface area is 438 Å². The molecule has 0 aliphatic heterocycles. The number of methoxy groups -OCH3 is 1. The van der Waals surface area contributed by atoms with Crippen molar-refractivity contribution in [2.24, 2.45) is 41.4 Å². The van der Waals surface area contributed by atoms with Gasteiger partial charge in [0.25, 0.3) is 0 Å². The zero-order valence-corrected chi connectivity index (χ0v) is 45.2. The van der Waals surface area contributed by atoms with Gasteiger partial charge in [0.1, 0.15) is 35.5 Å². The highest BCUT2D eigenvalue weighted by Crippen LogP contribution is 2.56. The maximum atomic E-state index is 16.5. The van der Waals surface area contributed by atoms with E-state index in [4.69, 9.17) is 4.74 Å². The highest BCUT2D eigenvalue weighted by molar-refractivity contribution is 5.91. The molecule has 6 aliphatic carbocycles. The number of allylic oxidation sites excluding steroid dienone is 2. The molecular weight excluding hydrogens is 939 g/mol. The molecule has 0 aromatic heterocycles. The Balaban J connectivity index is 0.00000360. The third-order valence-corrected chi connectivity index (χ3v) is 18.2. The van der Waals surface area contributed by atoms with E-state index in [9.17, 15) is 19.2 Å². The van der Waals surface area contributed by atoms with Crippen molar-refractivity contribution in [3.05, 3.63) is 116 Å². The van der Waals surface area contributed by atoms with Crippen molar-refractivity contribution in [2.45, 2.75) is 193 Å². The summed E-state index contributed by atoms with van der Waals surface area (Å²) in [6, 6.07) is 15.4. The summed E-state index contributed by atoms with van der Waals surface area (Å²) in [4.78, 5) is 52.8. The number of alkyl halides is 2. The first-order chi connectivity index (χ1) is 35.5. The second-order valence-corrected chi connectivity index (χ2v) is 23.3. The van der Waals surface area contributed by atoms with E-state index in [1.807, 2.05) is 48.5 Å². The SMILES string of the molecule is CC.CCC(=O)CC[C@H](C(=O)C1C[C@H](F)C[C@H]1C1=Cc2cc([C@H]3CC[C@H](c4ccc5c(c4)C=C([C@@H]4C[C@@H](F)CC4C(=O)[C@@H](NC(=O)OC)C(C)C)C5)C3c3cc(F)c(C4CCCCC4)c(F)c3)ccc2C1)C(C)C. The number of alkyl carbamates (subject to hydrolysis) is 1. The Morgan fingerprint density at radius 1 is 0.649 bits per heavy atom. The predicted molar refractivity (Wildman–Crippen MR) is 286 cm³/mol. The first-order valence-corrected chi connectivity index (χ1v) is 28.4. The van der Waals surface area contributed by atoms with E-state index in [1.54, 1.807) is 12.1 Å². The number of ether oxygens (including phenoxy) is 1. The van der Waals surface area contributed by atoms with Crippen LogP contribution in [0.15, 0.2) is 59.7 Å². The summed E-state index contributed by atoms with van der Waals surface area (Å²) in [5, 5.41) is 2.70. The number of hydrogen-bond acceptors (Lipinski definition) is 5. The average Bonchev–Trinajstić information content (AvgIpc) is 4.25. The van der Waals surface area contributed by atoms with Crippen molar-refractivity contribution >= 4 is 35.6 Å². The number of halogens is 4. The van der Waals surface area contributed by atoms with Crippen molar-refractivity contribution in [3.63, 3.8) is 0 Å². The van der Waals surface area contributed by atoms with E-state index >= 15 is 17.6 Å². The molecule has 3 aromatic carbocycles. The number of amides is 1. The molecule has 4 fully saturated rings. The Hall–Kier alpha value is -4.86. The van der Waals surface area contributed by atoms with Crippen LogP contribution in [0.3, 0.4) is 0 Å². The van der Waals surface area contributed by atoms with Crippen LogP contribution >= 0.6 is 0 Å². The molecule has 0 heterocycles. The van der Waals surface area contributed by atoms with Gasteiger partial charge in [-0.2, -0.15) is 0 Å². The highest BCUT2D eigenvalue weighted by atomic mass is 19.1. The van der Waals surface area contributed by atoms with E-state index in [2.05, 4.69) is 53.9 Å². The summed E-state index contributed by atoms with van der Waals surface area (Å²) >= 11 is 0. The van der Waals surface area contributed by atoms with Crippen molar-refractivity contribution in [2.75, 3.05) is 7.11 Å². The first kappa shape index (κ1) is 55.4. The zero-order chi connectivity index (χ0) is 53.1. The van der Waals surface area contributed by atoms with Gasteiger partial charge in [-0.05, 0) is 169 Å². The van der Waals surface area contributed by atoms with E-state index in [-0.39, 0.29) is 95.4 Å². The van der Waals surface area contributed by atoms with Gasteiger partial charge in [0.2, 0.25) is 0 Å². The molecule has 0 radical (unpaired) electrons. The third-order valence-electron chi connectivity index (χ3n) is 18.2. The molecule has 0 saturated heterocycles. The summed E-state index contributed by atoms with van der Waals surface area (Å²) < 4.78 is 68.7. The fourth-order valence-electron chi connectivity index (χ4n) is 14.4. The van der Waals surface area contributed by atoms with Gasteiger partial charge in [-0.25, -0.2) is 22.4 Å². The quantitative estimate of drug-likeness (QED) is 0.136. The number of rotatable bonds is 17. The minimum Gasteiger partial charge on any atom is -0.453 e. The van der Waals surface area contributed by atoms with E-state index in [1.165, 1.54) is 7.11 Å². The molecule has 9 rings (SSSR count). The normalized spacial score (nSPS) is 27.2. The summed E-state index contributed by atoms with van der Waals surface area (Å²) in [6.45, 7) is 13.6. The Morgan fingerprint density at radius 3 is 1.64 bits per heavy atom. The molecule has 6 aliphatic rings. The minimum atomic E-state index is -1.14.